The third kappa shape index (κ3) is 4.37. The van der Waals surface area contributed by atoms with Gasteiger partial charge in [0.05, 0.1) is 22.1 Å². The minimum absolute atomic E-state index is 0. The van der Waals surface area contributed by atoms with E-state index in [1.165, 1.54) is 17.0 Å². The minimum Gasteiger partial charge on any atom is -0.342 e. The lowest BCUT2D eigenvalue weighted by molar-refractivity contribution is -0.137. The summed E-state index contributed by atoms with van der Waals surface area (Å²) in [5, 5.41) is 5.59. The molecule has 2 saturated heterocycles. The number of hydrogen-bond donors (Lipinski definition) is 3. The number of amides is 3. The van der Waals surface area contributed by atoms with Crippen molar-refractivity contribution in [3.8, 4) is 0 Å². The summed E-state index contributed by atoms with van der Waals surface area (Å²) in [5.41, 5.74) is 0.898. The van der Waals surface area contributed by atoms with Crippen LogP contribution in [0.5, 0.6) is 0 Å². The molecule has 2 aliphatic rings. The van der Waals surface area contributed by atoms with Crippen molar-refractivity contribution in [2.45, 2.75) is 24.6 Å². The molecule has 3 amide bonds. The molecule has 0 aliphatic carbocycles. The summed E-state index contributed by atoms with van der Waals surface area (Å²) in [7, 11) is 0. The molecule has 0 bridgehead atoms. The SMILES string of the molecule is O=C(CN1CC2(CCN(c3nc4ccccc4[nH]3)CC2)NC1=O)Nc1ccc(C(F)(F)F)cc1.[HH].[HH].[HH]. The maximum atomic E-state index is 12.7. The number of carbonyl (C=O) groups is 2. The lowest BCUT2D eigenvalue weighted by Gasteiger charge is -2.38. The van der Waals surface area contributed by atoms with Crippen LogP contribution < -0.4 is 15.5 Å². The second kappa shape index (κ2) is 8.23. The van der Waals surface area contributed by atoms with Crippen LogP contribution in [-0.2, 0) is 11.0 Å². The van der Waals surface area contributed by atoms with Gasteiger partial charge in [-0.3, -0.25) is 4.79 Å². The predicted molar refractivity (Wildman–Crippen MR) is 127 cm³/mol. The Morgan fingerprint density at radius 2 is 1.82 bits per heavy atom. The number of imidazole rings is 1. The zero-order valence-corrected chi connectivity index (χ0v) is 18.2. The Balaban J connectivity index is 0.00000160. The van der Waals surface area contributed by atoms with Gasteiger partial charge in [0.1, 0.15) is 6.54 Å². The monoisotopic (exact) mass is 478 g/mol. The number of nitrogens with one attached hydrogen (secondary N) is 3. The number of para-hydroxylation sites is 2. The van der Waals surface area contributed by atoms with E-state index >= 15 is 0 Å². The first kappa shape index (κ1) is 22.1. The highest BCUT2D eigenvalue weighted by atomic mass is 19.4. The number of halogens is 3. The number of carbonyl (C=O) groups excluding carboxylic acids is 2. The van der Waals surface area contributed by atoms with Gasteiger partial charge in [-0.2, -0.15) is 13.2 Å². The fraction of sp³-hybridized carbons (Fsp3) is 0.348. The predicted octanol–water partition coefficient (Wildman–Crippen LogP) is 4.32. The van der Waals surface area contributed by atoms with E-state index in [-0.39, 0.29) is 22.5 Å². The number of H-pyrrole nitrogens is 1. The third-order valence-electron chi connectivity index (χ3n) is 6.38. The Hall–Kier alpha value is -3.76. The van der Waals surface area contributed by atoms with Gasteiger partial charge in [-0.15, -0.1) is 0 Å². The zero-order chi connectivity index (χ0) is 23.9. The number of nitrogens with zero attached hydrogens (tertiary/aromatic N) is 3. The maximum absolute atomic E-state index is 12.7. The second-order valence-corrected chi connectivity index (χ2v) is 8.75. The normalized spacial score (nSPS) is 17.9. The molecule has 0 atom stereocenters. The van der Waals surface area contributed by atoms with E-state index in [4.69, 9.17) is 0 Å². The first-order valence-electron chi connectivity index (χ1n) is 10.9. The van der Waals surface area contributed by atoms with Gasteiger partial charge in [0.15, 0.2) is 0 Å². The van der Waals surface area contributed by atoms with Crippen LogP contribution in [0.3, 0.4) is 0 Å². The first-order chi connectivity index (χ1) is 16.2. The topological polar surface area (TPSA) is 93.4 Å². The minimum atomic E-state index is -4.44. The summed E-state index contributed by atoms with van der Waals surface area (Å²) < 4.78 is 38.1. The molecule has 1 spiro atoms. The van der Waals surface area contributed by atoms with Crippen molar-refractivity contribution in [2.24, 2.45) is 0 Å². The van der Waals surface area contributed by atoms with Gasteiger partial charge in [0.2, 0.25) is 11.9 Å². The average Bonchev–Trinajstić information content (AvgIpc) is 3.35. The Morgan fingerprint density at radius 3 is 2.50 bits per heavy atom. The Morgan fingerprint density at radius 1 is 1.12 bits per heavy atom. The van der Waals surface area contributed by atoms with Crippen LogP contribution in [0.2, 0.25) is 0 Å². The van der Waals surface area contributed by atoms with Crippen molar-refractivity contribution in [3.05, 3.63) is 54.1 Å². The van der Waals surface area contributed by atoms with Crippen molar-refractivity contribution in [1.29, 1.82) is 0 Å². The Labute approximate surface area is 197 Å². The Bertz CT molecular complexity index is 1200. The number of hydrogen-bond acceptors (Lipinski definition) is 4. The summed E-state index contributed by atoms with van der Waals surface area (Å²) in [6, 6.07) is 11.7. The summed E-state index contributed by atoms with van der Waals surface area (Å²) in [6.45, 7) is 1.61. The van der Waals surface area contributed by atoms with E-state index in [9.17, 15) is 22.8 Å². The quantitative estimate of drug-likeness (QED) is 0.521. The summed E-state index contributed by atoms with van der Waals surface area (Å²) in [4.78, 5) is 36.5. The molecule has 2 aliphatic heterocycles. The summed E-state index contributed by atoms with van der Waals surface area (Å²) in [5.74, 6) is 0.333. The molecule has 5 rings (SSSR count). The maximum Gasteiger partial charge on any atom is 0.416 e. The average molecular weight is 479 g/mol. The second-order valence-electron chi connectivity index (χ2n) is 8.75. The number of aromatic nitrogens is 2. The fourth-order valence-corrected chi connectivity index (χ4v) is 4.55. The lowest BCUT2D eigenvalue weighted by atomic mass is 9.88. The lowest BCUT2D eigenvalue weighted by Crippen LogP contribution is -2.52. The van der Waals surface area contributed by atoms with E-state index in [1.807, 2.05) is 24.3 Å². The van der Waals surface area contributed by atoms with Crippen LogP contribution in [0.15, 0.2) is 48.5 Å². The van der Waals surface area contributed by atoms with Gasteiger partial charge >= 0.3 is 12.2 Å². The van der Waals surface area contributed by atoms with Gasteiger partial charge in [-0.25, -0.2) is 9.78 Å². The number of benzene rings is 2. The molecule has 2 fully saturated rings. The van der Waals surface area contributed by atoms with Crippen LogP contribution >= 0.6 is 0 Å². The van der Waals surface area contributed by atoms with Crippen molar-refractivity contribution < 1.29 is 27.0 Å². The number of aromatic amines is 1. The van der Waals surface area contributed by atoms with Gasteiger partial charge in [-0.1, -0.05) is 12.1 Å². The molecule has 0 saturated carbocycles. The molecule has 8 nitrogen and oxygen atoms in total. The smallest absolute Gasteiger partial charge is 0.342 e. The van der Waals surface area contributed by atoms with E-state index in [1.54, 1.807) is 0 Å². The van der Waals surface area contributed by atoms with Crippen LogP contribution in [0.1, 0.15) is 22.7 Å². The summed E-state index contributed by atoms with van der Waals surface area (Å²) >= 11 is 0. The molecule has 2 aromatic carbocycles. The largest absolute Gasteiger partial charge is 0.416 e. The standard InChI is InChI=1S/C23H23F3N6O2.3H2/c24-23(25,26)15-5-7-16(8-6-15)27-19(33)13-32-14-22(30-21(32)34)9-11-31(12-10-22)20-28-17-3-1-2-4-18(17)29-20;;;/h1-8H,9-14H2,(H,27,33)(H,28,29)(H,30,34);3*1H. The molecule has 34 heavy (non-hydrogen) atoms. The molecule has 1 aromatic heterocycles. The zero-order valence-electron chi connectivity index (χ0n) is 18.2. The van der Waals surface area contributed by atoms with E-state index in [2.05, 4.69) is 25.5 Å². The molecule has 3 N–H and O–H groups in total. The van der Waals surface area contributed by atoms with Gasteiger partial charge in [0, 0.05) is 29.6 Å². The van der Waals surface area contributed by atoms with Crippen LogP contribution in [-0.4, -0.2) is 58.5 Å². The highest BCUT2D eigenvalue weighted by Gasteiger charge is 2.45. The van der Waals surface area contributed by atoms with E-state index < -0.39 is 23.2 Å². The third-order valence-corrected chi connectivity index (χ3v) is 6.38. The number of rotatable bonds is 4. The van der Waals surface area contributed by atoms with Crippen molar-refractivity contribution in [3.63, 3.8) is 0 Å². The highest BCUT2D eigenvalue weighted by molar-refractivity contribution is 5.95. The van der Waals surface area contributed by atoms with Crippen molar-refractivity contribution in [2.75, 3.05) is 36.4 Å². The number of piperidine rings is 1. The number of alkyl halides is 3. The molecule has 0 radical (unpaired) electrons. The Kier molecular flexibility index (Phi) is 5.34. The van der Waals surface area contributed by atoms with Crippen LogP contribution in [0, 0.1) is 0 Å². The van der Waals surface area contributed by atoms with E-state index in [0.29, 0.717) is 32.5 Å². The first-order valence-corrected chi connectivity index (χ1v) is 10.9. The molecule has 3 heterocycles. The van der Waals surface area contributed by atoms with Crippen molar-refractivity contribution >= 4 is 34.6 Å². The molecule has 184 valence electrons. The fourth-order valence-electron chi connectivity index (χ4n) is 4.55. The van der Waals surface area contributed by atoms with Crippen LogP contribution in [0.25, 0.3) is 11.0 Å². The van der Waals surface area contributed by atoms with E-state index in [0.717, 1.165) is 29.1 Å². The highest BCUT2D eigenvalue weighted by Crippen LogP contribution is 2.31. The molecule has 11 heteroatoms. The van der Waals surface area contributed by atoms with Crippen molar-refractivity contribution in [1.82, 2.24) is 20.2 Å². The van der Waals surface area contributed by atoms with Gasteiger partial charge in [0.25, 0.3) is 0 Å². The van der Waals surface area contributed by atoms with Gasteiger partial charge in [-0.05, 0) is 49.2 Å². The number of urea groups is 1. The molecular formula is C23H29F3N6O2. The molecular weight excluding hydrogens is 449 g/mol. The van der Waals surface area contributed by atoms with Crippen LogP contribution in [0.4, 0.5) is 29.6 Å². The number of fused-ring (bicyclic) bond motifs is 1. The summed E-state index contributed by atoms with van der Waals surface area (Å²) in [6.07, 6.45) is -3.04. The molecule has 0 unspecified atom stereocenters. The van der Waals surface area contributed by atoms with Gasteiger partial charge < -0.3 is 25.4 Å². The molecule has 3 aromatic rings. The number of anilines is 2.